The van der Waals surface area contributed by atoms with Crippen molar-refractivity contribution in [2.45, 2.75) is 38.3 Å². The van der Waals surface area contributed by atoms with Crippen LogP contribution in [0.15, 0.2) is 35.6 Å². The molecule has 2 aromatic heterocycles. The van der Waals surface area contributed by atoms with Crippen LogP contribution in [0.1, 0.15) is 34.5 Å². The number of thioether (sulfide) groups is 1. The molecule has 7 heteroatoms. The van der Waals surface area contributed by atoms with E-state index in [2.05, 4.69) is 65.2 Å². The van der Waals surface area contributed by atoms with Crippen LogP contribution >= 0.6 is 23.1 Å². The van der Waals surface area contributed by atoms with E-state index in [-0.39, 0.29) is 11.9 Å². The molecule has 0 aliphatic carbocycles. The van der Waals surface area contributed by atoms with Crippen LogP contribution < -0.4 is 5.32 Å². The van der Waals surface area contributed by atoms with Crippen LogP contribution in [0.3, 0.4) is 0 Å². The third-order valence-corrected chi connectivity index (χ3v) is 7.26. The second kappa shape index (κ2) is 9.69. The molecule has 0 aliphatic heterocycles. The molecule has 0 fully saturated rings. The third-order valence-electron chi connectivity index (χ3n) is 5.16. The monoisotopic (exact) mass is 428 g/mol. The Hall–Kier alpha value is -1.96. The molecule has 0 bridgehead atoms. The van der Waals surface area contributed by atoms with Gasteiger partial charge in [-0.25, -0.2) is 9.97 Å². The lowest BCUT2D eigenvalue weighted by atomic mass is 10.0. The maximum absolute atomic E-state index is 12.5. The predicted octanol–water partition coefficient (Wildman–Crippen LogP) is 4.38. The lowest BCUT2D eigenvalue weighted by molar-refractivity contribution is -0.118. The van der Waals surface area contributed by atoms with Gasteiger partial charge >= 0.3 is 0 Å². The maximum Gasteiger partial charge on any atom is 0.230 e. The Balaban J connectivity index is 1.61. The molecule has 0 spiro atoms. The molecule has 0 radical (unpaired) electrons. The normalized spacial score (nSPS) is 12.5. The molecule has 3 rings (SSSR count). The molecule has 0 aliphatic rings. The summed E-state index contributed by atoms with van der Waals surface area (Å²) in [6.45, 7) is 6.92. The summed E-state index contributed by atoms with van der Waals surface area (Å²) in [5.74, 6) is 0.360. The number of likely N-dealkylation sites (N-methyl/N-ethyl adjacent to an activating group) is 1. The lowest BCUT2D eigenvalue weighted by Gasteiger charge is -2.25. The third kappa shape index (κ3) is 5.15. The predicted molar refractivity (Wildman–Crippen MR) is 123 cm³/mol. The molecule has 1 N–H and O–H groups in total. The van der Waals surface area contributed by atoms with Crippen LogP contribution in [-0.2, 0) is 11.2 Å². The average Bonchev–Trinajstić information content (AvgIpc) is 3.01. The number of fused-ring (bicyclic) bond motifs is 1. The molecule has 1 amide bonds. The highest BCUT2D eigenvalue weighted by atomic mass is 32.2. The Morgan fingerprint density at radius 3 is 2.59 bits per heavy atom. The van der Waals surface area contributed by atoms with Crippen LogP contribution in [0.4, 0.5) is 0 Å². The number of hydrogen-bond acceptors (Lipinski definition) is 6. The van der Waals surface area contributed by atoms with Crippen molar-refractivity contribution >= 4 is 39.2 Å². The molecule has 1 aromatic carbocycles. The Bertz CT molecular complexity index is 982. The van der Waals surface area contributed by atoms with E-state index < -0.39 is 0 Å². The molecule has 3 aromatic rings. The van der Waals surface area contributed by atoms with Gasteiger partial charge in [-0.3, -0.25) is 4.79 Å². The van der Waals surface area contributed by atoms with E-state index in [1.54, 1.807) is 17.7 Å². The molecular weight excluding hydrogens is 400 g/mol. The van der Waals surface area contributed by atoms with Gasteiger partial charge in [-0.05, 0) is 51.1 Å². The number of thiophene rings is 1. The van der Waals surface area contributed by atoms with Gasteiger partial charge in [0, 0.05) is 16.8 Å². The Kier molecular flexibility index (Phi) is 7.27. The fourth-order valence-electron chi connectivity index (χ4n) is 3.23. The first-order chi connectivity index (χ1) is 13.9. The van der Waals surface area contributed by atoms with E-state index in [0.717, 1.165) is 21.7 Å². The summed E-state index contributed by atoms with van der Waals surface area (Å²) >= 11 is 3.15. The number of rotatable bonds is 8. The zero-order valence-electron chi connectivity index (χ0n) is 17.7. The van der Waals surface area contributed by atoms with Gasteiger partial charge in [0.15, 0.2) is 0 Å². The minimum Gasteiger partial charge on any atom is -0.353 e. The van der Waals surface area contributed by atoms with Crippen molar-refractivity contribution in [3.05, 3.63) is 52.2 Å². The number of nitrogens with one attached hydrogen (secondary N) is 1. The fraction of sp³-hybridized carbons (Fsp3) is 0.409. The first-order valence-electron chi connectivity index (χ1n) is 9.76. The summed E-state index contributed by atoms with van der Waals surface area (Å²) in [7, 11) is 4.08. The van der Waals surface area contributed by atoms with Crippen LogP contribution in [0.25, 0.3) is 10.2 Å². The largest absolute Gasteiger partial charge is 0.353 e. The zero-order valence-corrected chi connectivity index (χ0v) is 19.3. The van der Waals surface area contributed by atoms with Crippen molar-refractivity contribution in [3.8, 4) is 0 Å². The van der Waals surface area contributed by atoms with Crippen molar-refractivity contribution < 1.29 is 4.79 Å². The lowest BCUT2D eigenvalue weighted by Crippen LogP contribution is -2.35. The van der Waals surface area contributed by atoms with E-state index >= 15 is 0 Å². The number of carbonyl (C=O) groups is 1. The van der Waals surface area contributed by atoms with Crippen LogP contribution in [0.2, 0.25) is 0 Å². The van der Waals surface area contributed by atoms with Crippen molar-refractivity contribution in [2.24, 2.45) is 0 Å². The van der Waals surface area contributed by atoms with Crippen molar-refractivity contribution in [2.75, 3.05) is 26.4 Å². The van der Waals surface area contributed by atoms with Crippen molar-refractivity contribution in [3.63, 3.8) is 0 Å². The molecule has 5 nitrogen and oxygen atoms in total. The van der Waals surface area contributed by atoms with E-state index in [4.69, 9.17) is 0 Å². The van der Waals surface area contributed by atoms with Gasteiger partial charge in [0.05, 0.1) is 11.8 Å². The number of aryl methyl sites for hydroxylation is 3. The Morgan fingerprint density at radius 1 is 1.21 bits per heavy atom. The Morgan fingerprint density at radius 2 is 1.93 bits per heavy atom. The molecule has 0 saturated carbocycles. The second-order valence-corrected chi connectivity index (χ2v) is 9.48. The summed E-state index contributed by atoms with van der Waals surface area (Å²) in [5, 5.41) is 5.05. The highest BCUT2D eigenvalue weighted by molar-refractivity contribution is 8.00. The minimum absolute atomic E-state index is 0.0170. The standard InChI is InChI=1S/C22H28N4OS2/c1-6-16-7-9-17(10-8-16)18(26(4)5)11-23-19(27)12-28-21-20-14(2)15(3)29-22(20)25-13-24-21/h7-10,13,18H,6,11-12H2,1-5H3,(H,23,27)/t18-/m0/s1. The molecule has 1 atom stereocenters. The Labute approximate surface area is 180 Å². The summed E-state index contributed by atoms with van der Waals surface area (Å²) < 4.78 is 0. The first-order valence-corrected chi connectivity index (χ1v) is 11.6. The summed E-state index contributed by atoms with van der Waals surface area (Å²) in [6, 6.07) is 8.78. The van der Waals surface area contributed by atoms with Gasteiger partial charge in [0.2, 0.25) is 5.91 Å². The van der Waals surface area contributed by atoms with Gasteiger partial charge in [-0.2, -0.15) is 0 Å². The second-order valence-electron chi connectivity index (χ2n) is 7.31. The zero-order chi connectivity index (χ0) is 21.0. The summed E-state index contributed by atoms with van der Waals surface area (Å²) in [4.78, 5) is 25.7. The minimum atomic E-state index is 0.0170. The number of carbonyl (C=O) groups excluding carboxylic acids is 1. The SMILES string of the molecule is CCc1ccc([C@H](CNC(=O)CSc2ncnc3sc(C)c(C)c23)N(C)C)cc1. The smallest absolute Gasteiger partial charge is 0.230 e. The fourth-order valence-corrected chi connectivity index (χ4v) is 5.18. The number of aromatic nitrogens is 2. The van der Waals surface area contributed by atoms with Crippen molar-refractivity contribution in [1.82, 2.24) is 20.2 Å². The van der Waals surface area contributed by atoms with Gasteiger partial charge in [-0.1, -0.05) is 43.0 Å². The van der Waals surface area contributed by atoms with Crippen LogP contribution in [0.5, 0.6) is 0 Å². The molecule has 0 saturated heterocycles. The molecule has 154 valence electrons. The average molecular weight is 429 g/mol. The summed E-state index contributed by atoms with van der Waals surface area (Å²) in [6.07, 6.45) is 2.61. The quantitative estimate of drug-likeness (QED) is 0.426. The van der Waals surface area contributed by atoms with Crippen molar-refractivity contribution in [1.29, 1.82) is 0 Å². The molecular formula is C22H28N4OS2. The highest BCUT2D eigenvalue weighted by Crippen LogP contribution is 2.34. The number of amides is 1. The van der Waals surface area contributed by atoms with E-state index in [1.807, 2.05) is 14.1 Å². The van der Waals surface area contributed by atoms with E-state index in [0.29, 0.717) is 12.3 Å². The molecule has 2 heterocycles. The van der Waals surface area contributed by atoms with Crippen LogP contribution in [-0.4, -0.2) is 47.2 Å². The van der Waals surface area contributed by atoms with Crippen LogP contribution in [0, 0.1) is 13.8 Å². The summed E-state index contributed by atoms with van der Waals surface area (Å²) in [5.41, 5.74) is 3.74. The highest BCUT2D eigenvalue weighted by Gasteiger charge is 2.17. The topological polar surface area (TPSA) is 58.1 Å². The number of nitrogens with zero attached hydrogens (tertiary/aromatic N) is 3. The van der Waals surface area contributed by atoms with Gasteiger partial charge in [-0.15, -0.1) is 11.3 Å². The van der Waals surface area contributed by atoms with Gasteiger partial charge in [0.1, 0.15) is 16.2 Å². The van der Waals surface area contributed by atoms with E-state index in [1.165, 1.54) is 33.3 Å². The van der Waals surface area contributed by atoms with E-state index in [9.17, 15) is 4.79 Å². The molecule has 0 unspecified atom stereocenters. The maximum atomic E-state index is 12.5. The van der Waals surface area contributed by atoms with Gasteiger partial charge in [0.25, 0.3) is 0 Å². The molecule has 29 heavy (non-hydrogen) atoms. The van der Waals surface area contributed by atoms with Gasteiger partial charge < -0.3 is 10.2 Å². The number of benzene rings is 1. The first kappa shape index (κ1) is 21.7. The number of hydrogen-bond donors (Lipinski definition) is 1.